The van der Waals surface area contributed by atoms with Crippen molar-refractivity contribution >= 4 is 17.7 Å². The second kappa shape index (κ2) is 19.5. The van der Waals surface area contributed by atoms with Gasteiger partial charge in [-0.2, -0.15) is 0 Å². The van der Waals surface area contributed by atoms with Crippen molar-refractivity contribution in [3.05, 3.63) is 0 Å². The van der Waals surface area contributed by atoms with Crippen LogP contribution in [0.1, 0.15) is 114 Å². The van der Waals surface area contributed by atoms with Crippen molar-refractivity contribution in [2.75, 3.05) is 19.6 Å². The Morgan fingerprint density at radius 2 is 0.806 bits per heavy atom. The average Bonchev–Trinajstić information content (AvgIpc) is 2.83. The summed E-state index contributed by atoms with van der Waals surface area (Å²) in [6.45, 7) is 21.4. The highest BCUT2D eigenvalue weighted by molar-refractivity contribution is 5.90. The van der Waals surface area contributed by atoms with E-state index in [1.54, 1.807) is 0 Å². The van der Waals surface area contributed by atoms with E-state index in [0.29, 0.717) is 55.1 Å². The van der Waals surface area contributed by atoms with Gasteiger partial charge in [-0.1, -0.05) is 101 Å². The number of nitrogens with one attached hydrogen (secondary N) is 3. The highest BCUT2D eigenvalue weighted by atomic mass is 16.2. The lowest BCUT2D eigenvalue weighted by atomic mass is 9.91. The maximum absolute atomic E-state index is 13.1. The van der Waals surface area contributed by atoms with Gasteiger partial charge < -0.3 is 16.0 Å². The first kappa shape index (κ1) is 34.4. The Bertz CT molecular complexity index is 589. The van der Waals surface area contributed by atoms with Crippen molar-refractivity contribution in [1.82, 2.24) is 16.0 Å². The Morgan fingerprint density at radius 1 is 0.500 bits per heavy atom. The fraction of sp³-hybridized carbons (Fsp3) is 0.900. The highest BCUT2D eigenvalue weighted by Crippen LogP contribution is 2.19. The molecule has 0 aromatic carbocycles. The van der Waals surface area contributed by atoms with Crippen LogP contribution in [0.5, 0.6) is 0 Å². The van der Waals surface area contributed by atoms with Crippen LogP contribution in [0.3, 0.4) is 0 Å². The van der Waals surface area contributed by atoms with Gasteiger partial charge in [0.1, 0.15) is 0 Å². The Hall–Kier alpha value is -1.59. The van der Waals surface area contributed by atoms with E-state index in [1.165, 1.54) is 0 Å². The van der Waals surface area contributed by atoms with Crippen LogP contribution in [-0.2, 0) is 14.4 Å². The maximum atomic E-state index is 13.1. The van der Waals surface area contributed by atoms with Gasteiger partial charge in [0.2, 0.25) is 17.7 Å². The molecular formula is C30H59N3O3. The van der Waals surface area contributed by atoms with E-state index in [1.807, 2.05) is 0 Å². The Kier molecular flexibility index (Phi) is 18.7. The van der Waals surface area contributed by atoms with Crippen LogP contribution < -0.4 is 16.0 Å². The van der Waals surface area contributed by atoms with E-state index in [2.05, 4.69) is 78.3 Å². The first-order valence-corrected chi connectivity index (χ1v) is 14.8. The lowest BCUT2D eigenvalue weighted by molar-refractivity contribution is -0.133. The van der Waals surface area contributed by atoms with Gasteiger partial charge in [0, 0.05) is 32.5 Å². The van der Waals surface area contributed by atoms with Crippen molar-refractivity contribution in [3.8, 4) is 0 Å². The molecule has 0 aromatic rings. The molecule has 212 valence electrons. The molecule has 0 saturated carbocycles. The molecular weight excluding hydrogens is 450 g/mol. The fourth-order valence-corrected chi connectivity index (χ4v) is 4.63. The van der Waals surface area contributed by atoms with E-state index < -0.39 is 5.92 Å². The van der Waals surface area contributed by atoms with Crippen LogP contribution in [-0.4, -0.2) is 37.4 Å². The summed E-state index contributed by atoms with van der Waals surface area (Å²) in [5, 5.41) is 9.05. The van der Waals surface area contributed by atoms with Crippen LogP contribution in [0.25, 0.3) is 0 Å². The topological polar surface area (TPSA) is 87.3 Å². The molecule has 36 heavy (non-hydrogen) atoms. The zero-order valence-electron chi connectivity index (χ0n) is 25.0. The van der Waals surface area contributed by atoms with E-state index in [0.717, 1.165) is 38.5 Å². The van der Waals surface area contributed by atoms with E-state index >= 15 is 0 Å². The van der Waals surface area contributed by atoms with E-state index in [4.69, 9.17) is 0 Å². The molecule has 0 radical (unpaired) electrons. The molecule has 6 nitrogen and oxygen atoms in total. The van der Waals surface area contributed by atoms with Gasteiger partial charge in [-0.05, 0) is 35.5 Å². The second-order valence-corrected chi connectivity index (χ2v) is 11.7. The summed E-state index contributed by atoms with van der Waals surface area (Å²) >= 11 is 0. The van der Waals surface area contributed by atoms with Crippen molar-refractivity contribution in [2.45, 2.75) is 114 Å². The van der Waals surface area contributed by atoms with Crippen molar-refractivity contribution < 1.29 is 14.4 Å². The zero-order chi connectivity index (χ0) is 27.7. The lowest BCUT2D eigenvalue weighted by Gasteiger charge is -2.23. The van der Waals surface area contributed by atoms with Crippen molar-refractivity contribution in [2.24, 2.45) is 41.4 Å². The van der Waals surface area contributed by atoms with Crippen LogP contribution in [0, 0.1) is 41.4 Å². The third kappa shape index (κ3) is 14.8. The van der Waals surface area contributed by atoms with Gasteiger partial charge in [0.05, 0.1) is 5.92 Å². The third-order valence-corrected chi connectivity index (χ3v) is 8.22. The first-order valence-electron chi connectivity index (χ1n) is 14.8. The van der Waals surface area contributed by atoms with Crippen molar-refractivity contribution in [3.63, 3.8) is 0 Å². The van der Waals surface area contributed by atoms with Crippen LogP contribution >= 0.6 is 0 Å². The molecule has 0 bridgehead atoms. The first-order chi connectivity index (χ1) is 17.0. The standard InChI is InChI=1S/C30H59N3O3/c1-10-13-21(4)24(7)18-31-28(34)16-27(30(36)33-20-26(9)23(6)15-12-3)17-29(35)32-19-25(8)22(5)14-11-2/h21-27H,10-20H2,1-9H3,(H,31,34)(H,32,35)(H,33,36). The third-order valence-electron chi connectivity index (χ3n) is 8.22. The number of rotatable bonds is 20. The smallest absolute Gasteiger partial charge is 0.224 e. The average molecular weight is 510 g/mol. The van der Waals surface area contributed by atoms with Gasteiger partial charge in [-0.15, -0.1) is 0 Å². The molecule has 0 fully saturated rings. The summed E-state index contributed by atoms with van der Waals surface area (Å²) in [5.41, 5.74) is 0. The predicted octanol–water partition coefficient (Wildman–Crippen LogP) is 5.95. The quantitative estimate of drug-likeness (QED) is 0.190. The summed E-state index contributed by atoms with van der Waals surface area (Å²) in [5.74, 6) is 1.49. The minimum atomic E-state index is -0.662. The number of amides is 3. The van der Waals surface area contributed by atoms with Gasteiger partial charge in [-0.25, -0.2) is 0 Å². The van der Waals surface area contributed by atoms with Gasteiger partial charge in [-0.3, -0.25) is 14.4 Å². The molecule has 0 spiro atoms. The summed E-state index contributed by atoms with van der Waals surface area (Å²) in [4.78, 5) is 38.6. The molecule has 0 heterocycles. The Balaban J connectivity index is 5.06. The SMILES string of the molecule is CCCC(C)C(C)CNC(=O)CC(CC(=O)NCC(C)C(C)CCC)C(=O)NCC(C)C(C)CCC. The minimum Gasteiger partial charge on any atom is -0.356 e. The molecule has 3 N–H and O–H groups in total. The van der Waals surface area contributed by atoms with Crippen LogP contribution in [0.2, 0.25) is 0 Å². The molecule has 0 aliphatic rings. The summed E-state index contributed by atoms with van der Waals surface area (Å²) < 4.78 is 0. The Labute approximate surface area is 222 Å². The molecule has 0 aromatic heterocycles. The fourth-order valence-electron chi connectivity index (χ4n) is 4.63. The molecule has 0 aliphatic heterocycles. The van der Waals surface area contributed by atoms with Crippen LogP contribution in [0.15, 0.2) is 0 Å². The van der Waals surface area contributed by atoms with Gasteiger partial charge in [0.15, 0.2) is 0 Å². The minimum absolute atomic E-state index is 0.0365. The van der Waals surface area contributed by atoms with Gasteiger partial charge >= 0.3 is 0 Å². The molecule has 0 rings (SSSR count). The highest BCUT2D eigenvalue weighted by Gasteiger charge is 2.26. The molecule has 0 aliphatic carbocycles. The number of carbonyl (C=O) groups excluding carboxylic acids is 3. The maximum Gasteiger partial charge on any atom is 0.224 e. The van der Waals surface area contributed by atoms with E-state index in [9.17, 15) is 14.4 Å². The van der Waals surface area contributed by atoms with E-state index in [-0.39, 0.29) is 30.6 Å². The largest absolute Gasteiger partial charge is 0.356 e. The molecule has 6 unspecified atom stereocenters. The van der Waals surface area contributed by atoms with Gasteiger partial charge in [0.25, 0.3) is 0 Å². The summed E-state index contributed by atoms with van der Waals surface area (Å²) in [7, 11) is 0. The number of hydrogen-bond donors (Lipinski definition) is 3. The predicted molar refractivity (Wildman–Crippen MR) is 151 cm³/mol. The molecule has 6 atom stereocenters. The van der Waals surface area contributed by atoms with Crippen molar-refractivity contribution in [1.29, 1.82) is 0 Å². The summed E-state index contributed by atoms with van der Waals surface area (Å²) in [6.07, 6.45) is 6.83. The monoisotopic (exact) mass is 509 g/mol. The zero-order valence-corrected chi connectivity index (χ0v) is 25.0. The summed E-state index contributed by atoms with van der Waals surface area (Å²) in [6, 6.07) is 0. The van der Waals surface area contributed by atoms with Crippen LogP contribution in [0.4, 0.5) is 0 Å². The Morgan fingerprint density at radius 3 is 1.11 bits per heavy atom. The molecule has 3 amide bonds. The molecule has 6 heteroatoms. The molecule has 0 saturated heterocycles. The normalized spacial score (nSPS) is 17.2. The number of carbonyl (C=O) groups is 3. The lowest BCUT2D eigenvalue weighted by Crippen LogP contribution is -2.41. The number of hydrogen-bond acceptors (Lipinski definition) is 3. The second-order valence-electron chi connectivity index (χ2n) is 11.7.